The van der Waals surface area contributed by atoms with Crippen LogP contribution in [0.5, 0.6) is 5.75 Å². The molecular weight excluding hydrogens is 521 g/mol. The number of halogens is 3. The number of allylic oxidation sites excluding steroid dienone is 1. The molecule has 0 fully saturated rings. The summed E-state index contributed by atoms with van der Waals surface area (Å²) in [6.45, 7) is 3.51. The molecule has 0 saturated heterocycles. The Kier molecular flexibility index (Phi) is 9.21. The van der Waals surface area contributed by atoms with Gasteiger partial charge in [0.05, 0.1) is 31.9 Å². The number of carboxylic acid groups (broad SMARTS) is 1. The molecule has 8 heteroatoms. The molecule has 0 amide bonds. The fraction of sp³-hybridized carbons (Fsp3) is 0.143. The molecule has 36 heavy (non-hydrogen) atoms. The number of carbonyl (C=O) groups is 1. The van der Waals surface area contributed by atoms with E-state index in [1.807, 2.05) is 0 Å². The van der Waals surface area contributed by atoms with Gasteiger partial charge in [0.1, 0.15) is 18.1 Å². The van der Waals surface area contributed by atoms with Crippen LogP contribution in [-0.2, 0) is 0 Å². The van der Waals surface area contributed by atoms with Crippen molar-refractivity contribution < 1.29 is 19.7 Å². The average Bonchev–Trinajstić information content (AvgIpc) is 2.83. The third-order valence-electron chi connectivity index (χ3n) is 5.31. The van der Waals surface area contributed by atoms with E-state index in [0.29, 0.717) is 31.9 Å². The third-order valence-corrected chi connectivity index (χ3v) is 6.27. The topological polar surface area (TPSA) is 90.6 Å². The van der Waals surface area contributed by atoms with E-state index in [1.165, 1.54) is 6.07 Å². The summed E-state index contributed by atoms with van der Waals surface area (Å²) in [5.74, 6) is -0.796. The number of aliphatic hydroxyl groups is 1. The van der Waals surface area contributed by atoms with Crippen molar-refractivity contribution in [1.29, 1.82) is 5.41 Å². The number of hydrogen-bond donors (Lipinski definition) is 3. The van der Waals surface area contributed by atoms with Gasteiger partial charge in [-0.25, -0.2) is 4.79 Å². The van der Waals surface area contributed by atoms with Crippen LogP contribution in [0.4, 0.5) is 0 Å². The minimum absolute atomic E-state index is 0.00484. The number of hydrogen-bond acceptors (Lipinski definition) is 4. The predicted molar refractivity (Wildman–Crippen MR) is 147 cm³/mol. The van der Waals surface area contributed by atoms with Gasteiger partial charge in [-0.2, -0.15) is 0 Å². The van der Waals surface area contributed by atoms with E-state index < -0.39 is 5.97 Å². The van der Waals surface area contributed by atoms with Gasteiger partial charge < -0.3 is 14.9 Å². The Morgan fingerprint density at radius 2 is 1.61 bits per heavy atom. The van der Waals surface area contributed by atoms with Crippen LogP contribution in [0.15, 0.2) is 72.0 Å². The first-order valence-corrected chi connectivity index (χ1v) is 12.1. The number of nitrogens with one attached hydrogen (secondary N) is 1. The Labute approximate surface area is 224 Å². The number of benzene rings is 3. The lowest BCUT2D eigenvalue weighted by atomic mass is 9.98. The summed E-state index contributed by atoms with van der Waals surface area (Å²) in [7, 11) is 0. The summed E-state index contributed by atoms with van der Waals surface area (Å²) >= 11 is 19.0. The van der Waals surface area contributed by atoms with Crippen molar-refractivity contribution in [3.05, 3.63) is 109 Å². The fourth-order valence-electron chi connectivity index (χ4n) is 3.36. The molecule has 0 aliphatic carbocycles. The van der Waals surface area contributed by atoms with Crippen LogP contribution in [0.3, 0.4) is 0 Å². The van der Waals surface area contributed by atoms with Crippen molar-refractivity contribution in [1.82, 2.24) is 0 Å². The Morgan fingerprint density at radius 3 is 2.22 bits per heavy atom. The molecule has 0 aliphatic heterocycles. The van der Waals surface area contributed by atoms with Crippen LogP contribution in [0.1, 0.15) is 40.9 Å². The van der Waals surface area contributed by atoms with E-state index in [1.54, 1.807) is 80.6 Å². The number of carboxylic acids is 1. The number of ether oxygens (including phenoxy) is 1. The first kappa shape index (κ1) is 27.3. The van der Waals surface area contributed by atoms with Gasteiger partial charge in [0.2, 0.25) is 0 Å². The van der Waals surface area contributed by atoms with E-state index in [0.717, 1.165) is 5.56 Å². The van der Waals surface area contributed by atoms with E-state index >= 15 is 0 Å². The molecule has 5 nitrogen and oxygen atoms in total. The van der Waals surface area contributed by atoms with Crippen molar-refractivity contribution in [2.24, 2.45) is 5.92 Å². The first-order valence-electron chi connectivity index (χ1n) is 11.0. The zero-order valence-electron chi connectivity index (χ0n) is 19.6. The van der Waals surface area contributed by atoms with Crippen molar-refractivity contribution in [3.63, 3.8) is 0 Å². The second kappa shape index (κ2) is 12.1. The second-order valence-corrected chi connectivity index (χ2v) is 9.45. The third kappa shape index (κ3) is 6.70. The van der Waals surface area contributed by atoms with Crippen LogP contribution < -0.4 is 4.74 Å². The van der Waals surface area contributed by atoms with Gasteiger partial charge in [0.25, 0.3) is 0 Å². The summed E-state index contributed by atoms with van der Waals surface area (Å²) < 4.78 is 5.88. The van der Waals surface area contributed by atoms with Gasteiger partial charge in [-0.15, -0.1) is 0 Å². The SMILES string of the molecule is CC(C)/C(O)=C(\COc1ccc(/C=C/c2cccc(C(=O)O)c2)c(Cl)c1)C(=N)c1c(Cl)cccc1Cl. The molecule has 3 aromatic carbocycles. The summed E-state index contributed by atoms with van der Waals surface area (Å²) in [4.78, 5) is 11.2. The molecule has 3 N–H and O–H groups in total. The van der Waals surface area contributed by atoms with Gasteiger partial charge >= 0.3 is 5.97 Å². The van der Waals surface area contributed by atoms with Gasteiger partial charge in [-0.1, -0.05) is 79.0 Å². The molecule has 0 aliphatic rings. The lowest BCUT2D eigenvalue weighted by molar-refractivity contribution is 0.0697. The molecule has 0 spiro atoms. The van der Waals surface area contributed by atoms with E-state index in [9.17, 15) is 9.90 Å². The van der Waals surface area contributed by atoms with Crippen LogP contribution in [0.2, 0.25) is 15.1 Å². The summed E-state index contributed by atoms with van der Waals surface area (Å²) in [6, 6.07) is 16.6. The molecule has 0 unspecified atom stereocenters. The predicted octanol–water partition coefficient (Wildman–Crippen LogP) is 8.43. The van der Waals surface area contributed by atoms with E-state index in [4.69, 9.17) is 50.1 Å². The zero-order valence-corrected chi connectivity index (χ0v) is 21.8. The molecule has 0 saturated carbocycles. The highest BCUT2D eigenvalue weighted by molar-refractivity contribution is 6.41. The Bertz CT molecular complexity index is 1340. The fourth-order valence-corrected chi connectivity index (χ4v) is 4.18. The van der Waals surface area contributed by atoms with Crippen LogP contribution in [0, 0.1) is 11.3 Å². The normalized spacial score (nSPS) is 12.1. The minimum Gasteiger partial charge on any atom is -0.512 e. The maximum Gasteiger partial charge on any atom is 0.335 e. The second-order valence-electron chi connectivity index (χ2n) is 8.23. The van der Waals surface area contributed by atoms with Crippen LogP contribution >= 0.6 is 34.8 Å². The van der Waals surface area contributed by atoms with E-state index in [-0.39, 0.29) is 35.1 Å². The number of rotatable bonds is 9. The van der Waals surface area contributed by atoms with Crippen molar-refractivity contribution in [2.45, 2.75) is 13.8 Å². The van der Waals surface area contributed by atoms with Crippen LogP contribution in [0.25, 0.3) is 12.2 Å². The molecule has 0 heterocycles. The monoisotopic (exact) mass is 543 g/mol. The van der Waals surface area contributed by atoms with Crippen molar-refractivity contribution in [2.75, 3.05) is 6.61 Å². The summed E-state index contributed by atoms with van der Waals surface area (Å²) in [5.41, 5.74) is 2.19. The molecular formula is C28H24Cl3NO4. The average molecular weight is 545 g/mol. The van der Waals surface area contributed by atoms with Crippen LogP contribution in [-0.4, -0.2) is 28.5 Å². The highest BCUT2D eigenvalue weighted by Gasteiger charge is 2.21. The first-order chi connectivity index (χ1) is 17.1. The zero-order chi connectivity index (χ0) is 26.4. The molecule has 0 bridgehead atoms. The van der Waals surface area contributed by atoms with Gasteiger partial charge in [0, 0.05) is 11.5 Å². The number of aromatic carboxylic acids is 1. The van der Waals surface area contributed by atoms with Gasteiger partial charge in [-0.05, 0) is 53.6 Å². The molecule has 0 atom stereocenters. The summed E-state index contributed by atoms with van der Waals surface area (Å²) in [5, 5.41) is 29.5. The molecule has 3 rings (SSSR count). The lowest BCUT2D eigenvalue weighted by Crippen LogP contribution is -2.17. The van der Waals surface area contributed by atoms with Crippen molar-refractivity contribution >= 4 is 58.6 Å². The quantitative estimate of drug-likeness (QED) is 0.143. The molecule has 3 aromatic rings. The maximum absolute atomic E-state index is 11.2. The standard InChI is InChI=1S/C28H24Cl3NO4/c1-16(2)27(33)21(26(32)25-22(29)7-4-8-23(25)30)15-36-20-12-11-18(24(31)14-20)10-9-17-5-3-6-19(13-17)28(34)35/h3-14,16,32-33H,15H2,1-2H3,(H,34,35)/b10-9+,27-21-,32-26?. The number of aliphatic hydroxyl groups excluding tert-OH is 1. The van der Waals surface area contributed by atoms with E-state index in [2.05, 4.69) is 0 Å². The Hall–Kier alpha value is -3.25. The van der Waals surface area contributed by atoms with Gasteiger partial charge in [-0.3, -0.25) is 5.41 Å². The Balaban J connectivity index is 1.81. The largest absolute Gasteiger partial charge is 0.512 e. The van der Waals surface area contributed by atoms with Gasteiger partial charge in [0.15, 0.2) is 0 Å². The highest BCUT2D eigenvalue weighted by Crippen LogP contribution is 2.30. The minimum atomic E-state index is -0.994. The Morgan fingerprint density at radius 1 is 0.944 bits per heavy atom. The molecule has 0 aromatic heterocycles. The molecule has 0 radical (unpaired) electrons. The molecule has 186 valence electrons. The summed E-state index contributed by atoms with van der Waals surface area (Å²) in [6.07, 6.45) is 3.54. The highest BCUT2D eigenvalue weighted by atomic mass is 35.5. The smallest absolute Gasteiger partial charge is 0.335 e. The lowest BCUT2D eigenvalue weighted by Gasteiger charge is -2.17. The maximum atomic E-state index is 11.2. The van der Waals surface area contributed by atoms with Crippen molar-refractivity contribution in [3.8, 4) is 5.75 Å².